The minimum Gasteiger partial charge on any atom is -0.481 e. The van der Waals surface area contributed by atoms with Crippen LogP contribution in [-0.4, -0.2) is 47.8 Å². The fourth-order valence-electron chi connectivity index (χ4n) is 6.91. The van der Waals surface area contributed by atoms with Crippen LogP contribution in [-0.2, 0) is 25.8 Å². The van der Waals surface area contributed by atoms with E-state index in [2.05, 4.69) is 5.32 Å². The lowest BCUT2D eigenvalue weighted by Gasteiger charge is -2.58. The van der Waals surface area contributed by atoms with Gasteiger partial charge in [0.25, 0.3) is 0 Å². The van der Waals surface area contributed by atoms with Gasteiger partial charge in [0.05, 0.1) is 15.9 Å². The van der Waals surface area contributed by atoms with Crippen LogP contribution in [0.3, 0.4) is 0 Å². The van der Waals surface area contributed by atoms with Crippen molar-refractivity contribution in [3.8, 4) is 0 Å². The number of carbonyl (C=O) groups excluding carboxylic acids is 1. The second-order valence-electron chi connectivity index (χ2n) is 11.2. The van der Waals surface area contributed by atoms with Crippen molar-refractivity contribution in [3.05, 3.63) is 29.8 Å². The van der Waals surface area contributed by atoms with E-state index in [1.807, 2.05) is 0 Å². The number of carboxylic acid groups (broad SMARTS) is 1. The molecule has 0 radical (unpaired) electrons. The van der Waals surface area contributed by atoms with Gasteiger partial charge in [0.15, 0.2) is 0 Å². The molecule has 7 nitrogen and oxygen atoms in total. The summed E-state index contributed by atoms with van der Waals surface area (Å²) in [7, 11) is -4.69. The summed E-state index contributed by atoms with van der Waals surface area (Å²) in [6.07, 6.45) is -1.37. The largest absolute Gasteiger partial charge is 0.481 e. The molecule has 0 spiro atoms. The molecule has 1 amide bonds. The smallest absolute Gasteiger partial charge is 0.417 e. The Labute approximate surface area is 209 Å². The third kappa shape index (κ3) is 4.42. The monoisotopic (exact) mass is 530 g/mol. The van der Waals surface area contributed by atoms with Crippen LogP contribution >= 0.6 is 0 Å². The summed E-state index contributed by atoms with van der Waals surface area (Å²) in [5.41, 5.74) is -3.71. The molecule has 4 aliphatic carbocycles. The summed E-state index contributed by atoms with van der Waals surface area (Å²) in [6, 6.07) is 3.70. The Balaban J connectivity index is 1.62. The van der Waals surface area contributed by atoms with Gasteiger partial charge in [0, 0.05) is 12.6 Å². The third-order valence-electron chi connectivity index (χ3n) is 8.39. The van der Waals surface area contributed by atoms with Gasteiger partial charge in [-0.1, -0.05) is 19.1 Å². The van der Waals surface area contributed by atoms with Crippen LogP contribution in [0.2, 0.25) is 0 Å². The van der Waals surface area contributed by atoms with Crippen molar-refractivity contribution in [2.45, 2.75) is 81.9 Å². The maximum absolute atomic E-state index is 13.6. The van der Waals surface area contributed by atoms with Crippen LogP contribution in [0.1, 0.15) is 64.9 Å². The molecule has 4 aliphatic rings. The maximum Gasteiger partial charge on any atom is 0.417 e. The van der Waals surface area contributed by atoms with Crippen molar-refractivity contribution in [2.75, 3.05) is 6.54 Å². The molecule has 0 aromatic heterocycles. The molecule has 200 valence electrons. The number of benzene rings is 1. The Kier molecular flexibility index (Phi) is 6.73. The first-order valence-electron chi connectivity index (χ1n) is 12.4. The highest BCUT2D eigenvalue weighted by Gasteiger charge is 2.59. The van der Waals surface area contributed by atoms with Crippen LogP contribution in [0.4, 0.5) is 13.2 Å². The normalized spacial score (nSPS) is 30.0. The van der Waals surface area contributed by atoms with E-state index < -0.39 is 49.5 Å². The highest BCUT2D eigenvalue weighted by Crippen LogP contribution is 2.60. The topological polar surface area (TPSA) is 104 Å². The number of amides is 1. The molecule has 36 heavy (non-hydrogen) atoms. The molecule has 2 unspecified atom stereocenters. The number of hydrogen-bond acceptors (Lipinski definition) is 4. The minimum atomic E-state index is -4.88. The predicted octanol–water partition coefficient (Wildman–Crippen LogP) is 4.28. The van der Waals surface area contributed by atoms with Crippen LogP contribution in [0.5, 0.6) is 0 Å². The summed E-state index contributed by atoms with van der Waals surface area (Å²) in [6.45, 7) is 4.35. The zero-order valence-electron chi connectivity index (χ0n) is 20.6. The molecule has 2 atom stereocenters. The summed E-state index contributed by atoms with van der Waals surface area (Å²) < 4.78 is 68.9. The maximum atomic E-state index is 13.6. The Morgan fingerprint density at radius 3 is 2.22 bits per heavy atom. The van der Waals surface area contributed by atoms with Crippen molar-refractivity contribution in [3.63, 3.8) is 0 Å². The van der Waals surface area contributed by atoms with E-state index in [1.54, 1.807) is 6.92 Å². The van der Waals surface area contributed by atoms with Crippen molar-refractivity contribution >= 4 is 21.9 Å². The predicted molar refractivity (Wildman–Crippen MR) is 125 cm³/mol. The summed E-state index contributed by atoms with van der Waals surface area (Å²) in [5, 5.41) is 12.9. The zero-order valence-corrected chi connectivity index (χ0v) is 21.5. The van der Waals surface area contributed by atoms with E-state index in [-0.39, 0.29) is 24.4 Å². The van der Waals surface area contributed by atoms with E-state index in [0.717, 1.165) is 35.3 Å². The number of carboxylic acids is 1. The molecule has 0 saturated heterocycles. The molecule has 4 fully saturated rings. The molecule has 4 saturated carbocycles. The van der Waals surface area contributed by atoms with Gasteiger partial charge in [0.2, 0.25) is 15.9 Å². The van der Waals surface area contributed by atoms with Gasteiger partial charge < -0.3 is 10.4 Å². The van der Waals surface area contributed by atoms with Crippen molar-refractivity contribution in [2.24, 2.45) is 23.2 Å². The van der Waals surface area contributed by atoms with Crippen LogP contribution in [0.15, 0.2) is 29.2 Å². The molecule has 1 aromatic rings. The fraction of sp³-hybridized carbons (Fsp3) is 0.680. The Hall–Kier alpha value is -2.14. The van der Waals surface area contributed by atoms with Crippen molar-refractivity contribution in [1.29, 1.82) is 0 Å². The molecule has 0 heterocycles. The number of nitrogens with zero attached hydrogens (tertiary/aromatic N) is 1. The average Bonchev–Trinajstić information content (AvgIpc) is 2.78. The van der Waals surface area contributed by atoms with Crippen molar-refractivity contribution < 1.29 is 36.3 Å². The molecular formula is C25H33F3N2O5S. The number of sulfonamides is 1. The second kappa shape index (κ2) is 9.01. The number of rotatable bonds is 8. The van der Waals surface area contributed by atoms with Gasteiger partial charge in [-0.15, -0.1) is 0 Å². The Morgan fingerprint density at radius 2 is 1.69 bits per heavy atom. The fourth-order valence-corrected chi connectivity index (χ4v) is 8.97. The standard InChI is InChI=1S/C25H33F3N2O5S/c1-4-9-30(36(34,35)19-8-6-5-7-18(19)25(26,27)28)23(2,3)21(31)29-20-16-10-15-11-17(20)14-24(12-15,13-16)22(32)33/h5-8,15-17,20H,4,9-14H2,1-3H3,(H,29,31)(H,32,33). The number of alkyl halides is 3. The lowest BCUT2D eigenvalue weighted by Crippen LogP contribution is -2.65. The number of halogens is 3. The average molecular weight is 531 g/mol. The third-order valence-corrected chi connectivity index (χ3v) is 10.5. The van der Waals surface area contributed by atoms with E-state index in [1.165, 1.54) is 19.9 Å². The van der Waals surface area contributed by atoms with Gasteiger partial charge in [-0.25, -0.2) is 8.42 Å². The first-order chi connectivity index (χ1) is 16.6. The van der Waals surface area contributed by atoms with Gasteiger partial charge in [0.1, 0.15) is 5.54 Å². The number of nitrogens with one attached hydrogen (secondary N) is 1. The van der Waals surface area contributed by atoms with Gasteiger partial charge in [-0.05, 0) is 82.3 Å². The van der Waals surface area contributed by atoms with Gasteiger partial charge in [-0.2, -0.15) is 17.5 Å². The first-order valence-corrected chi connectivity index (χ1v) is 13.8. The Morgan fingerprint density at radius 1 is 1.11 bits per heavy atom. The van der Waals surface area contributed by atoms with Crippen molar-refractivity contribution in [1.82, 2.24) is 9.62 Å². The summed E-state index contributed by atoms with van der Waals surface area (Å²) in [4.78, 5) is 24.7. The summed E-state index contributed by atoms with van der Waals surface area (Å²) in [5.74, 6) is -1.12. The highest BCUT2D eigenvalue weighted by atomic mass is 32.2. The zero-order chi connectivity index (χ0) is 26.7. The lowest BCUT2D eigenvalue weighted by molar-refractivity contribution is -0.168. The Bertz CT molecular complexity index is 1130. The molecule has 4 bridgehead atoms. The minimum absolute atomic E-state index is 0.0192. The highest BCUT2D eigenvalue weighted by molar-refractivity contribution is 7.89. The lowest BCUT2D eigenvalue weighted by atomic mass is 9.48. The van der Waals surface area contributed by atoms with Crippen LogP contribution in [0, 0.1) is 23.2 Å². The molecule has 1 aromatic carbocycles. The molecule has 11 heteroatoms. The molecular weight excluding hydrogens is 497 g/mol. The quantitative estimate of drug-likeness (QED) is 0.522. The number of carbonyl (C=O) groups is 2. The van der Waals surface area contributed by atoms with E-state index in [0.29, 0.717) is 31.6 Å². The number of hydrogen-bond donors (Lipinski definition) is 2. The molecule has 5 rings (SSSR count). The van der Waals surface area contributed by atoms with E-state index >= 15 is 0 Å². The SMILES string of the molecule is CCCN(C(C)(C)C(=O)NC1C2CC3CC1CC(C(=O)O)(C3)C2)S(=O)(=O)c1ccccc1C(F)(F)F. The van der Waals surface area contributed by atoms with E-state index in [4.69, 9.17) is 0 Å². The molecule has 0 aliphatic heterocycles. The second-order valence-corrected chi connectivity index (χ2v) is 13.0. The van der Waals surface area contributed by atoms with Crippen LogP contribution in [0.25, 0.3) is 0 Å². The summed E-state index contributed by atoms with van der Waals surface area (Å²) >= 11 is 0. The molecule has 2 N–H and O–H groups in total. The first kappa shape index (κ1) is 26.9. The van der Waals surface area contributed by atoms with E-state index in [9.17, 15) is 36.3 Å². The number of aliphatic carboxylic acids is 1. The van der Waals surface area contributed by atoms with Gasteiger partial charge >= 0.3 is 12.1 Å². The van der Waals surface area contributed by atoms with Gasteiger partial charge in [-0.3, -0.25) is 9.59 Å². The van der Waals surface area contributed by atoms with Crippen LogP contribution < -0.4 is 5.32 Å².